The van der Waals surface area contributed by atoms with E-state index in [1.165, 1.54) is 36.4 Å². The third-order valence-electron chi connectivity index (χ3n) is 4.27. The van der Waals surface area contributed by atoms with Crippen LogP contribution in [0.25, 0.3) is 0 Å². The number of sulfone groups is 1. The van der Waals surface area contributed by atoms with E-state index in [9.17, 15) is 22.4 Å². The topological polar surface area (TPSA) is 102 Å². The summed E-state index contributed by atoms with van der Waals surface area (Å²) in [6.45, 7) is 1.65. The molecule has 0 aliphatic carbocycles. The van der Waals surface area contributed by atoms with Crippen molar-refractivity contribution in [2.45, 2.75) is 17.9 Å². The fraction of sp³-hybridized carbons (Fsp3) is 0.200. The van der Waals surface area contributed by atoms with Crippen molar-refractivity contribution < 1.29 is 27.1 Å². The van der Waals surface area contributed by atoms with E-state index < -0.39 is 39.4 Å². The molecule has 2 aromatic rings. The lowest BCUT2D eigenvalue weighted by Gasteiger charge is -2.29. The molecule has 0 unspecified atom stereocenters. The second-order valence-corrected chi connectivity index (χ2v) is 8.26. The zero-order valence-corrected chi connectivity index (χ0v) is 16.3. The molecule has 1 heterocycles. The molecule has 7 nitrogen and oxygen atoms in total. The monoisotopic (exact) mass is 418 g/mol. The van der Waals surface area contributed by atoms with E-state index in [1.807, 2.05) is 0 Å². The summed E-state index contributed by atoms with van der Waals surface area (Å²) in [7, 11) is -3.86. The van der Waals surface area contributed by atoms with Crippen molar-refractivity contribution in [2.24, 2.45) is 0 Å². The number of carbonyl (C=O) groups is 2. The van der Waals surface area contributed by atoms with Crippen molar-refractivity contribution in [1.29, 1.82) is 0 Å². The quantitative estimate of drug-likeness (QED) is 0.702. The molecular weight excluding hydrogens is 399 g/mol. The Morgan fingerprint density at radius 2 is 1.86 bits per heavy atom. The van der Waals surface area contributed by atoms with Crippen LogP contribution in [0.2, 0.25) is 0 Å². The van der Waals surface area contributed by atoms with Gasteiger partial charge in [-0.1, -0.05) is 30.3 Å². The van der Waals surface area contributed by atoms with Crippen LogP contribution in [-0.2, 0) is 19.4 Å². The normalized spacial score (nSPS) is 16.8. The Balaban J connectivity index is 2.11. The maximum atomic E-state index is 13.7. The van der Waals surface area contributed by atoms with E-state index in [-0.39, 0.29) is 28.3 Å². The number of benzene rings is 2. The molecule has 0 bridgehead atoms. The molecule has 2 aromatic carbocycles. The SMILES string of the molecule is CCOC(=O)C1=C(CS(=O)(=O)c2ccccc2)NC(=O)N[C@H]1c1cccc(F)c1. The van der Waals surface area contributed by atoms with Crippen LogP contribution in [0.1, 0.15) is 18.5 Å². The molecule has 29 heavy (non-hydrogen) atoms. The lowest BCUT2D eigenvalue weighted by Crippen LogP contribution is -2.47. The molecule has 2 N–H and O–H groups in total. The Hall–Kier alpha value is -3.20. The Morgan fingerprint density at radius 1 is 1.14 bits per heavy atom. The van der Waals surface area contributed by atoms with E-state index in [1.54, 1.807) is 25.1 Å². The number of halogens is 1. The first-order chi connectivity index (χ1) is 13.8. The van der Waals surface area contributed by atoms with Gasteiger partial charge in [-0.3, -0.25) is 0 Å². The molecular formula is C20H19FN2O5S. The molecule has 0 radical (unpaired) electrons. The summed E-state index contributed by atoms with van der Waals surface area (Å²) in [5.74, 6) is -1.98. The highest BCUT2D eigenvalue weighted by Crippen LogP contribution is 2.29. The van der Waals surface area contributed by atoms with Gasteiger partial charge in [-0.05, 0) is 36.8 Å². The maximum absolute atomic E-state index is 13.7. The Bertz CT molecular complexity index is 1070. The molecule has 3 rings (SSSR count). The summed E-state index contributed by atoms with van der Waals surface area (Å²) < 4.78 is 44.4. The molecule has 1 aliphatic heterocycles. The average Bonchev–Trinajstić information content (AvgIpc) is 2.68. The van der Waals surface area contributed by atoms with Gasteiger partial charge >= 0.3 is 12.0 Å². The van der Waals surface area contributed by atoms with Gasteiger partial charge in [-0.2, -0.15) is 0 Å². The van der Waals surface area contributed by atoms with Gasteiger partial charge in [0.05, 0.1) is 28.9 Å². The molecule has 0 saturated heterocycles. The number of esters is 1. The summed E-state index contributed by atoms with van der Waals surface area (Å²) in [6.07, 6.45) is 0. The fourth-order valence-corrected chi connectivity index (χ4v) is 4.37. The molecule has 0 spiro atoms. The third-order valence-corrected chi connectivity index (χ3v) is 5.93. The van der Waals surface area contributed by atoms with Gasteiger partial charge in [0.1, 0.15) is 5.82 Å². The smallest absolute Gasteiger partial charge is 0.338 e. The van der Waals surface area contributed by atoms with Crippen LogP contribution in [-0.4, -0.2) is 32.8 Å². The minimum Gasteiger partial charge on any atom is -0.463 e. The van der Waals surface area contributed by atoms with Gasteiger partial charge in [0.25, 0.3) is 0 Å². The second kappa shape index (κ2) is 8.44. The average molecular weight is 418 g/mol. The molecule has 9 heteroatoms. The standard InChI is InChI=1S/C20H19FN2O5S/c1-2-28-19(24)17-16(12-29(26,27)15-9-4-3-5-10-15)22-20(25)23-18(17)13-7-6-8-14(21)11-13/h3-11,18H,2,12H2,1H3,(H2,22,23,25)/t18-/m0/s1. The van der Waals surface area contributed by atoms with E-state index >= 15 is 0 Å². The summed E-state index contributed by atoms with van der Waals surface area (Å²) in [5.41, 5.74) is 0.0967. The Labute approximate surface area is 167 Å². The van der Waals surface area contributed by atoms with Crippen LogP contribution in [0, 0.1) is 5.82 Å². The number of nitrogens with one attached hydrogen (secondary N) is 2. The summed E-state index contributed by atoms with van der Waals surface area (Å²) >= 11 is 0. The van der Waals surface area contributed by atoms with Crippen LogP contribution in [0.4, 0.5) is 9.18 Å². The molecule has 0 aromatic heterocycles. The van der Waals surface area contributed by atoms with Crippen molar-refractivity contribution in [3.05, 3.63) is 77.2 Å². The van der Waals surface area contributed by atoms with Crippen molar-refractivity contribution in [2.75, 3.05) is 12.4 Å². The highest BCUT2D eigenvalue weighted by Gasteiger charge is 2.35. The highest BCUT2D eigenvalue weighted by atomic mass is 32.2. The number of ether oxygens (including phenoxy) is 1. The zero-order valence-electron chi connectivity index (χ0n) is 15.5. The number of hydrogen-bond acceptors (Lipinski definition) is 5. The highest BCUT2D eigenvalue weighted by molar-refractivity contribution is 7.91. The summed E-state index contributed by atoms with van der Waals surface area (Å²) in [6, 6.07) is 11.3. The van der Waals surface area contributed by atoms with Crippen molar-refractivity contribution in [1.82, 2.24) is 10.6 Å². The van der Waals surface area contributed by atoms with Crippen molar-refractivity contribution >= 4 is 21.8 Å². The van der Waals surface area contributed by atoms with E-state index in [4.69, 9.17) is 4.74 Å². The zero-order chi connectivity index (χ0) is 21.0. The number of hydrogen-bond donors (Lipinski definition) is 2. The molecule has 0 saturated carbocycles. The van der Waals surface area contributed by atoms with Gasteiger partial charge in [-0.15, -0.1) is 0 Å². The maximum Gasteiger partial charge on any atom is 0.338 e. The van der Waals surface area contributed by atoms with E-state index in [2.05, 4.69) is 10.6 Å². The van der Waals surface area contributed by atoms with Crippen LogP contribution in [0.15, 0.2) is 70.8 Å². The molecule has 1 atom stereocenters. The summed E-state index contributed by atoms with van der Waals surface area (Å²) in [5, 5.41) is 4.94. The van der Waals surface area contributed by atoms with E-state index in [0.717, 1.165) is 0 Å². The molecule has 1 aliphatic rings. The predicted molar refractivity (Wildman–Crippen MR) is 103 cm³/mol. The molecule has 0 fully saturated rings. The van der Waals surface area contributed by atoms with Gasteiger partial charge < -0.3 is 15.4 Å². The minimum atomic E-state index is -3.86. The minimum absolute atomic E-state index is 0.0465. The Morgan fingerprint density at radius 3 is 2.52 bits per heavy atom. The molecule has 152 valence electrons. The lowest BCUT2D eigenvalue weighted by atomic mass is 9.95. The van der Waals surface area contributed by atoms with Crippen LogP contribution >= 0.6 is 0 Å². The number of amides is 2. The van der Waals surface area contributed by atoms with Gasteiger partial charge in [0, 0.05) is 5.70 Å². The first-order valence-electron chi connectivity index (χ1n) is 8.82. The number of carbonyl (C=O) groups excluding carboxylic acids is 2. The van der Waals surface area contributed by atoms with Gasteiger partial charge in [0.15, 0.2) is 9.84 Å². The predicted octanol–water partition coefficient (Wildman–Crippen LogP) is 2.47. The Kier molecular flexibility index (Phi) is 5.97. The molecule has 2 amide bonds. The van der Waals surface area contributed by atoms with E-state index in [0.29, 0.717) is 0 Å². The third kappa shape index (κ3) is 4.62. The van der Waals surface area contributed by atoms with Crippen LogP contribution in [0.3, 0.4) is 0 Å². The first-order valence-corrected chi connectivity index (χ1v) is 10.5. The lowest BCUT2D eigenvalue weighted by molar-refractivity contribution is -0.139. The first kappa shape index (κ1) is 20.5. The van der Waals surface area contributed by atoms with Crippen LogP contribution < -0.4 is 10.6 Å². The van der Waals surface area contributed by atoms with Crippen LogP contribution in [0.5, 0.6) is 0 Å². The summed E-state index contributed by atoms with van der Waals surface area (Å²) in [4.78, 5) is 24.9. The number of urea groups is 1. The fourth-order valence-electron chi connectivity index (χ4n) is 3.02. The van der Waals surface area contributed by atoms with Crippen molar-refractivity contribution in [3.8, 4) is 0 Å². The van der Waals surface area contributed by atoms with Gasteiger partial charge in [-0.25, -0.2) is 22.4 Å². The largest absolute Gasteiger partial charge is 0.463 e. The number of rotatable bonds is 6. The van der Waals surface area contributed by atoms with Gasteiger partial charge in [0.2, 0.25) is 0 Å². The van der Waals surface area contributed by atoms with Crippen molar-refractivity contribution in [3.63, 3.8) is 0 Å². The second-order valence-electron chi connectivity index (χ2n) is 6.27.